The molecule has 9 aromatic rings. The molecule has 335 valence electrons. The van der Waals surface area contributed by atoms with Gasteiger partial charge in [-0.3, -0.25) is 9.97 Å². The Morgan fingerprint density at radius 1 is 0.692 bits per heavy atom. The number of imidazole rings is 1. The van der Waals surface area contributed by atoms with Crippen LogP contribution in [0.15, 0.2) is 132 Å². The van der Waals surface area contributed by atoms with E-state index in [1.165, 1.54) is 38.7 Å². The Balaban J connectivity index is 0.000000253. The minimum absolute atomic E-state index is 0. The van der Waals surface area contributed by atoms with Crippen LogP contribution in [0.4, 0.5) is 0 Å². The third-order valence-corrected chi connectivity index (χ3v) is 14.1. The van der Waals surface area contributed by atoms with Gasteiger partial charge in [-0.15, -0.1) is 54.1 Å². The topological polar surface area (TPSA) is 56.7 Å². The van der Waals surface area contributed by atoms with Gasteiger partial charge >= 0.3 is 0 Å². The van der Waals surface area contributed by atoms with Gasteiger partial charge in [-0.1, -0.05) is 153 Å². The minimum Gasteiger partial charge on any atom is -0.501 e. The predicted molar refractivity (Wildman–Crippen MR) is 273 cm³/mol. The fourth-order valence-electron chi connectivity index (χ4n) is 8.74. The van der Waals surface area contributed by atoms with Crippen LogP contribution in [0.25, 0.3) is 72.4 Å². The van der Waals surface area contributed by atoms with E-state index in [9.17, 15) is 0 Å². The first-order valence-electron chi connectivity index (χ1n) is 22.9. The van der Waals surface area contributed by atoms with Crippen molar-refractivity contribution in [2.45, 2.75) is 106 Å². The number of nitrogens with zero attached hydrogens (tertiary/aromatic N) is 4. The molecule has 5 aromatic carbocycles. The molecule has 4 heterocycles. The number of hydrogen-bond donors (Lipinski definition) is 0. The van der Waals surface area contributed by atoms with Crippen molar-refractivity contribution in [3.8, 4) is 39.5 Å². The molecule has 0 atom stereocenters. The van der Waals surface area contributed by atoms with E-state index >= 15 is 0 Å². The van der Waals surface area contributed by atoms with Crippen LogP contribution < -0.4 is 5.19 Å². The largest absolute Gasteiger partial charge is 0.501 e. The zero-order valence-corrected chi connectivity index (χ0v) is 43.5. The van der Waals surface area contributed by atoms with E-state index in [0.29, 0.717) is 5.92 Å². The quantitative estimate of drug-likeness (QED) is 0.107. The van der Waals surface area contributed by atoms with Crippen LogP contribution >= 0.6 is 0 Å². The summed E-state index contributed by atoms with van der Waals surface area (Å²) < 4.78 is 8.90. The molecule has 4 aromatic heterocycles. The molecule has 0 bridgehead atoms. The van der Waals surface area contributed by atoms with Crippen LogP contribution in [0.5, 0.6) is 0 Å². The molecule has 0 amide bonds. The van der Waals surface area contributed by atoms with Crippen LogP contribution in [0.2, 0.25) is 19.6 Å². The van der Waals surface area contributed by atoms with Gasteiger partial charge in [-0.2, -0.15) is 0 Å². The van der Waals surface area contributed by atoms with Crippen molar-refractivity contribution >= 4 is 46.2 Å². The summed E-state index contributed by atoms with van der Waals surface area (Å²) in [6.07, 6.45) is 5.17. The molecule has 0 aliphatic heterocycles. The maximum absolute atomic E-state index is 6.53. The minimum atomic E-state index is -1.34. The number of para-hydroxylation sites is 1. The van der Waals surface area contributed by atoms with E-state index in [1.54, 1.807) is 0 Å². The molecule has 1 radical (unpaired) electrons. The Kier molecular flexibility index (Phi) is 14.0. The van der Waals surface area contributed by atoms with Crippen molar-refractivity contribution in [3.63, 3.8) is 0 Å². The molecule has 9 rings (SSSR count). The van der Waals surface area contributed by atoms with Crippen molar-refractivity contribution in [1.29, 1.82) is 0 Å². The normalized spacial score (nSPS) is 12.0. The van der Waals surface area contributed by atoms with Gasteiger partial charge in [0, 0.05) is 48.5 Å². The van der Waals surface area contributed by atoms with Crippen molar-refractivity contribution in [3.05, 3.63) is 162 Å². The molecule has 5 nitrogen and oxygen atoms in total. The van der Waals surface area contributed by atoms with Gasteiger partial charge < -0.3 is 14.0 Å². The monoisotopic (exact) mass is 1050 g/mol. The summed E-state index contributed by atoms with van der Waals surface area (Å²) in [4.78, 5) is 14.9. The molecule has 65 heavy (non-hydrogen) atoms. The third kappa shape index (κ3) is 9.89. The molecule has 0 N–H and O–H groups in total. The third-order valence-electron chi connectivity index (χ3n) is 12.0. The summed E-state index contributed by atoms with van der Waals surface area (Å²) in [5.41, 5.74) is 15.1. The van der Waals surface area contributed by atoms with Crippen molar-refractivity contribution in [2.24, 2.45) is 5.92 Å². The van der Waals surface area contributed by atoms with E-state index in [2.05, 4.69) is 189 Å². The number of benzene rings is 5. The zero-order valence-electron chi connectivity index (χ0n) is 40.1. The first-order chi connectivity index (χ1) is 30.5. The molecular weight excluding hydrogens is 989 g/mol. The molecule has 0 aliphatic carbocycles. The number of hydrogen-bond acceptors (Lipinski definition) is 4. The van der Waals surface area contributed by atoms with Crippen LogP contribution in [0, 0.1) is 18.1 Å². The van der Waals surface area contributed by atoms with Crippen molar-refractivity contribution in [1.82, 2.24) is 19.5 Å². The van der Waals surface area contributed by atoms with Gasteiger partial charge in [-0.25, -0.2) is 0 Å². The summed E-state index contributed by atoms with van der Waals surface area (Å²) in [5, 5.41) is 3.65. The Morgan fingerprint density at radius 2 is 1.37 bits per heavy atom. The van der Waals surface area contributed by atoms with Gasteiger partial charge in [0.15, 0.2) is 0 Å². The van der Waals surface area contributed by atoms with Gasteiger partial charge in [0.25, 0.3) is 0 Å². The zero-order chi connectivity index (χ0) is 45.5. The molecule has 0 spiro atoms. The summed E-state index contributed by atoms with van der Waals surface area (Å²) in [7, 11) is -1.34. The standard InChI is InChI=1S/C40H38N3O.C18H24NSi.Ir/c1-24(2)31-20-27(26-14-9-8-10-15-26)21-32(25(3)4)37(31)43-34-22-36(40(5,6)7)41-23-33(34)42-39(43)30-18-13-17-29-28-16-11-12-19-35(28)44-38(29)30;1-14(2)11-16-12-17(15-9-7-6-8-10-15)19-13-18(16)20(3,4)5;/h8-17,19-25H,1-7H3;6-9,12-14H,11H2,1-5H3;/q2*-1;. The van der Waals surface area contributed by atoms with Crippen LogP contribution in [0.1, 0.15) is 96.5 Å². The Bertz CT molecular complexity index is 3050. The average Bonchev–Trinajstić information content (AvgIpc) is 3.84. The molecule has 7 heteroatoms. The summed E-state index contributed by atoms with van der Waals surface area (Å²) >= 11 is 0. The maximum atomic E-state index is 6.53. The Labute approximate surface area is 401 Å². The number of furan rings is 1. The summed E-state index contributed by atoms with van der Waals surface area (Å²) in [6.45, 7) is 27.5. The van der Waals surface area contributed by atoms with E-state index in [1.807, 2.05) is 42.6 Å². The van der Waals surface area contributed by atoms with Crippen molar-refractivity contribution in [2.75, 3.05) is 0 Å². The van der Waals surface area contributed by atoms with E-state index < -0.39 is 8.07 Å². The average molecular weight is 1050 g/mol. The van der Waals surface area contributed by atoms with Gasteiger partial charge in [0.2, 0.25) is 0 Å². The van der Waals surface area contributed by atoms with E-state index in [-0.39, 0.29) is 37.4 Å². The Hall–Kier alpha value is -5.46. The van der Waals surface area contributed by atoms with Gasteiger partial charge in [0.1, 0.15) is 5.58 Å². The maximum Gasteiger partial charge on any atom is 0.120 e. The number of fused-ring (bicyclic) bond motifs is 4. The summed E-state index contributed by atoms with van der Waals surface area (Å²) in [5.74, 6) is 2.02. The van der Waals surface area contributed by atoms with Crippen LogP contribution in [-0.4, -0.2) is 27.6 Å². The SMILES string of the molecule is CC(C)Cc1cc(-c2[c-]cccc2)ncc1[Si](C)(C)C.CC(C)c1cc(-c2ccccc2)cc(C(C)C)c1-n1c(-c2[c-]ccc3c2oc2ccccc23)nc2cnc(C(C)(C)C)cc21.[Ir]. The molecule has 0 fully saturated rings. The van der Waals surface area contributed by atoms with E-state index in [4.69, 9.17) is 14.4 Å². The molecule has 0 aliphatic rings. The molecule has 0 saturated heterocycles. The number of rotatable bonds is 9. The second-order valence-corrected chi connectivity index (χ2v) is 25.3. The molecule has 0 unspecified atom stereocenters. The second kappa shape index (κ2) is 19.2. The second-order valence-electron chi connectivity index (χ2n) is 20.3. The van der Waals surface area contributed by atoms with Crippen LogP contribution in [-0.2, 0) is 31.9 Å². The fraction of sp³-hybridized carbons (Fsp3) is 0.293. The number of pyridine rings is 2. The van der Waals surface area contributed by atoms with Gasteiger partial charge in [-0.05, 0) is 81.6 Å². The fourth-order valence-corrected chi connectivity index (χ4v) is 10.3. The van der Waals surface area contributed by atoms with Crippen molar-refractivity contribution < 1.29 is 24.5 Å². The first kappa shape index (κ1) is 47.5. The summed E-state index contributed by atoms with van der Waals surface area (Å²) in [6, 6.07) is 47.1. The smallest absolute Gasteiger partial charge is 0.120 e. The number of aromatic nitrogens is 4. The molecule has 0 saturated carbocycles. The first-order valence-corrected chi connectivity index (χ1v) is 26.4. The Morgan fingerprint density at radius 3 is 2.00 bits per heavy atom. The van der Waals surface area contributed by atoms with E-state index in [0.717, 1.165) is 67.7 Å². The van der Waals surface area contributed by atoms with Gasteiger partial charge in [0.05, 0.1) is 36.7 Å². The van der Waals surface area contributed by atoms with Crippen LogP contribution in [0.3, 0.4) is 0 Å². The molecular formula is C58H62IrN4OSi-2. The predicted octanol–water partition coefficient (Wildman–Crippen LogP) is 15.3.